The highest BCUT2D eigenvalue weighted by Crippen LogP contribution is 2.31. The van der Waals surface area contributed by atoms with Crippen LogP contribution in [-0.4, -0.2) is 25.5 Å². The molecule has 0 radical (unpaired) electrons. The van der Waals surface area contributed by atoms with Gasteiger partial charge in [-0.3, -0.25) is 20.4 Å². The first-order valence-corrected chi connectivity index (χ1v) is 8.28. The van der Waals surface area contributed by atoms with E-state index in [9.17, 15) is 22.8 Å². The smallest absolute Gasteiger partial charge is 0.416 e. The van der Waals surface area contributed by atoms with Gasteiger partial charge in [0.05, 0.1) is 12.7 Å². The fourth-order valence-corrected chi connectivity index (χ4v) is 2.20. The second-order valence-corrected chi connectivity index (χ2v) is 5.76. The molecule has 28 heavy (non-hydrogen) atoms. The van der Waals surface area contributed by atoms with Crippen molar-refractivity contribution in [3.8, 4) is 11.5 Å². The third-order valence-electron chi connectivity index (χ3n) is 3.67. The molecule has 0 unspecified atom stereocenters. The minimum absolute atomic E-state index is 0.101. The summed E-state index contributed by atoms with van der Waals surface area (Å²) in [7, 11) is 1.56. The van der Waals surface area contributed by atoms with Crippen LogP contribution in [-0.2, 0) is 22.2 Å². The summed E-state index contributed by atoms with van der Waals surface area (Å²) in [4.78, 5) is 23.4. The Kier molecular flexibility index (Phi) is 7.25. The first kappa shape index (κ1) is 21.1. The molecule has 0 aliphatic rings. The lowest BCUT2D eigenvalue weighted by atomic mass is 10.1. The van der Waals surface area contributed by atoms with Gasteiger partial charge in [0.25, 0.3) is 5.91 Å². The molecule has 0 aromatic heterocycles. The monoisotopic (exact) mass is 396 g/mol. The molecule has 0 aliphatic heterocycles. The Morgan fingerprint density at radius 2 is 1.64 bits per heavy atom. The van der Waals surface area contributed by atoms with Gasteiger partial charge in [-0.1, -0.05) is 18.2 Å². The number of methoxy groups -OCH3 is 1. The summed E-state index contributed by atoms with van der Waals surface area (Å²) in [5.74, 6) is -0.504. The Hall–Kier alpha value is -3.23. The maximum atomic E-state index is 12.6. The minimum Gasteiger partial charge on any atom is -0.497 e. The van der Waals surface area contributed by atoms with Crippen LogP contribution in [0.4, 0.5) is 13.2 Å². The first-order chi connectivity index (χ1) is 13.3. The summed E-state index contributed by atoms with van der Waals surface area (Å²) in [5.41, 5.74) is 4.42. The Balaban J connectivity index is 1.71. The van der Waals surface area contributed by atoms with Crippen molar-refractivity contribution >= 4 is 11.8 Å². The second-order valence-electron chi connectivity index (χ2n) is 5.76. The molecular formula is C19H19F3N2O4. The molecule has 6 nitrogen and oxygen atoms in total. The van der Waals surface area contributed by atoms with Crippen molar-refractivity contribution in [1.29, 1.82) is 0 Å². The van der Waals surface area contributed by atoms with Crippen LogP contribution in [0.5, 0.6) is 11.5 Å². The molecule has 9 heteroatoms. The average Bonchev–Trinajstić information content (AvgIpc) is 2.69. The first-order valence-electron chi connectivity index (χ1n) is 8.28. The Labute approximate surface area is 159 Å². The van der Waals surface area contributed by atoms with Crippen molar-refractivity contribution in [2.75, 3.05) is 13.7 Å². The standard InChI is InChI=1S/C19H19F3N2O4/c1-27-15-8-5-13(6-9-15)7-10-17(25)23-24-18(26)12-28-16-4-2-3-14(11-16)19(20,21)22/h2-6,8-9,11H,7,10,12H2,1H3,(H,23,25)(H,24,26). The maximum Gasteiger partial charge on any atom is 0.416 e. The molecule has 2 aromatic carbocycles. The molecular weight excluding hydrogens is 377 g/mol. The Morgan fingerprint density at radius 1 is 0.964 bits per heavy atom. The summed E-state index contributed by atoms with van der Waals surface area (Å²) in [6.07, 6.45) is -3.90. The van der Waals surface area contributed by atoms with Gasteiger partial charge in [-0.25, -0.2) is 0 Å². The third kappa shape index (κ3) is 6.82. The number of benzene rings is 2. The molecule has 0 saturated carbocycles. The summed E-state index contributed by atoms with van der Waals surface area (Å²) < 4.78 is 47.9. The zero-order valence-corrected chi connectivity index (χ0v) is 15.0. The average molecular weight is 396 g/mol. The molecule has 2 amide bonds. The third-order valence-corrected chi connectivity index (χ3v) is 3.67. The highest BCUT2D eigenvalue weighted by Gasteiger charge is 2.30. The maximum absolute atomic E-state index is 12.6. The lowest BCUT2D eigenvalue weighted by Gasteiger charge is -2.11. The van der Waals surface area contributed by atoms with E-state index in [2.05, 4.69) is 10.9 Å². The Morgan fingerprint density at radius 3 is 2.29 bits per heavy atom. The van der Waals surface area contributed by atoms with Gasteiger partial charge in [0.15, 0.2) is 6.61 Å². The van der Waals surface area contributed by atoms with Gasteiger partial charge in [0.1, 0.15) is 11.5 Å². The summed E-state index contributed by atoms with van der Waals surface area (Å²) in [5, 5.41) is 0. The molecule has 150 valence electrons. The summed E-state index contributed by atoms with van der Waals surface area (Å²) in [6, 6.07) is 11.4. The number of amides is 2. The van der Waals surface area contributed by atoms with Gasteiger partial charge in [0.2, 0.25) is 5.91 Å². The lowest BCUT2D eigenvalue weighted by molar-refractivity contribution is -0.137. The normalized spacial score (nSPS) is 10.9. The van der Waals surface area contributed by atoms with Gasteiger partial charge in [-0.15, -0.1) is 0 Å². The SMILES string of the molecule is COc1ccc(CCC(=O)NNC(=O)COc2cccc(C(F)(F)F)c2)cc1. The van der Waals surface area contributed by atoms with Crippen LogP contribution in [0.25, 0.3) is 0 Å². The van der Waals surface area contributed by atoms with Crippen molar-refractivity contribution in [1.82, 2.24) is 10.9 Å². The number of hydrogen-bond acceptors (Lipinski definition) is 4. The van der Waals surface area contributed by atoms with E-state index in [1.165, 1.54) is 12.1 Å². The molecule has 0 bridgehead atoms. The number of hydrogen-bond donors (Lipinski definition) is 2. The quantitative estimate of drug-likeness (QED) is 0.706. The lowest BCUT2D eigenvalue weighted by Crippen LogP contribution is -2.43. The van der Waals surface area contributed by atoms with E-state index < -0.39 is 30.2 Å². The van der Waals surface area contributed by atoms with Gasteiger partial charge < -0.3 is 9.47 Å². The number of alkyl halides is 3. The number of carbonyl (C=O) groups is 2. The van der Waals surface area contributed by atoms with Gasteiger partial charge >= 0.3 is 6.18 Å². The summed E-state index contributed by atoms with van der Waals surface area (Å²) in [6.45, 7) is -0.542. The number of halogens is 3. The number of rotatable bonds is 7. The molecule has 0 atom stereocenters. The fraction of sp³-hybridized carbons (Fsp3) is 0.263. The van der Waals surface area contributed by atoms with Crippen molar-refractivity contribution in [3.05, 3.63) is 59.7 Å². The molecule has 2 rings (SSSR count). The predicted molar refractivity (Wildman–Crippen MR) is 94.5 cm³/mol. The van der Waals surface area contributed by atoms with Crippen molar-refractivity contribution in [2.45, 2.75) is 19.0 Å². The molecule has 0 heterocycles. The van der Waals surface area contributed by atoms with Crippen LogP contribution in [0.15, 0.2) is 48.5 Å². The Bertz CT molecular complexity index is 808. The van der Waals surface area contributed by atoms with Crippen molar-refractivity contribution in [2.24, 2.45) is 0 Å². The number of carbonyl (C=O) groups excluding carboxylic acids is 2. The second kappa shape index (κ2) is 9.63. The van der Waals surface area contributed by atoms with Gasteiger partial charge in [-0.05, 0) is 42.3 Å². The zero-order chi connectivity index (χ0) is 20.6. The van der Waals surface area contributed by atoms with E-state index in [1.807, 2.05) is 12.1 Å². The van der Waals surface area contributed by atoms with Gasteiger partial charge in [0, 0.05) is 6.42 Å². The number of ether oxygens (including phenoxy) is 2. The van der Waals surface area contributed by atoms with Crippen LogP contribution >= 0.6 is 0 Å². The number of aryl methyl sites for hydroxylation is 1. The van der Waals surface area contributed by atoms with Crippen molar-refractivity contribution < 1.29 is 32.2 Å². The van der Waals surface area contributed by atoms with Crippen LogP contribution in [0, 0.1) is 0 Å². The van der Waals surface area contributed by atoms with Crippen LogP contribution in [0.1, 0.15) is 17.5 Å². The fourth-order valence-electron chi connectivity index (χ4n) is 2.20. The highest BCUT2D eigenvalue weighted by molar-refractivity contribution is 5.82. The number of hydrazine groups is 1. The van der Waals surface area contributed by atoms with Crippen molar-refractivity contribution in [3.63, 3.8) is 0 Å². The van der Waals surface area contributed by atoms with E-state index in [1.54, 1.807) is 19.2 Å². The van der Waals surface area contributed by atoms with Crippen LogP contribution < -0.4 is 20.3 Å². The van der Waals surface area contributed by atoms with E-state index in [0.29, 0.717) is 12.2 Å². The zero-order valence-electron chi connectivity index (χ0n) is 15.0. The molecule has 0 saturated heterocycles. The van der Waals surface area contributed by atoms with E-state index in [0.717, 1.165) is 17.7 Å². The van der Waals surface area contributed by atoms with Crippen LogP contribution in [0.2, 0.25) is 0 Å². The molecule has 0 spiro atoms. The predicted octanol–water partition coefficient (Wildman–Crippen LogP) is 2.87. The van der Waals surface area contributed by atoms with E-state index in [-0.39, 0.29) is 12.2 Å². The largest absolute Gasteiger partial charge is 0.497 e. The number of nitrogens with one attached hydrogen (secondary N) is 2. The van der Waals surface area contributed by atoms with Crippen LogP contribution in [0.3, 0.4) is 0 Å². The molecule has 0 aliphatic carbocycles. The summed E-state index contributed by atoms with van der Waals surface area (Å²) >= 11 is 0. The topological polar surface area (TPSA) is 76.7 Å². The van der Waals surface area contributed by atoms with Gasteiger partial charge in [-0.2, -0.15) is 13.2 Å². The minimum atomic E-state index is -4.50. The van der Waals surface area contributed by atoms with E-state index in [4.69, 9.17) is 9.47 Å². The van der Waals surface area contributed by atoms with E-state index >= 15 is 0 Å². The molecule has 2 aromatic rings. The highest BCUT2D eigenvalue weighted by atomic mass is 19.4. The molecule has 0 fully saturated rings. The molecule has 2 N–H and O–H groups in total.